The Bertz CT molecular complexity index is 498. The molecule has 0 saturated heterocycles. The zero-order valence-corrected chi connectivity index (χ0v) is 9.79. The second-order valence-corrected chi connectivity index (χ2v) is 4.60. The molecule has 0 saturated carbocycles. The number of aldehydes is 1. The number of carbonyl (C=O) groups excluding carboxylic acids is 1. The summed E-state index contributed by atoms with van der Waals surface area (Å²) in [6, 6.07) is 7.15. The Morgan fingerprint density at radius 2 is 2.38 bits per heavy atom. The van der Waals surface area contributed by atoms with Crippen molar-refractivity contribution in [1.29, 1.82) is 0 Å². The molecule has 0 atom stereocenters. The van der Waals surface area contributed by atoms with Crippen molar-refractivity contribution in [3.8, 4) is 5.75 Å². The van der Waals surface area contributed by atoms with Crippen molar-refractivity contribution in [2.24, 2.45) is 0 Å². The molecule has 5 heteroatoms. The summed E-state index contributed by atoms with van der Waals surface area (Å²) < 4.78 is 5.48. The van der Waals surface area contributed by atoms with Crippen molar-refractivity contribution in [2.45, 2.75) is 6.61 Å². The second-order valence-electron chi connectivity index (χ2n) is 3.02. The molecule has 0 spiro atoms. The van der Waals surface area contributed by atoms with Crippen LogP contribution in [0.25, 0.3) is 0 Å². The van der Waals surface area contributed by atoms with Gasteiger partial charge in [0.15, 0.2) is 6.29 Å². The summed E-state index contributed by atoms with van der Waals surface area (Å²) in [6.45, 7) is 0.346. The van der Waals surface area contributed by atoms with Crippen molar-refractivity contribution in [3.05, 3.63) is 45.4 Å². The number of aromatic nitrogens is 1. The van der Waals surface area contributed by atoms with Gasteiger partial charge >= 0.3 is 0 Å². The molecule has 0 unspecified atom stereocenters. The Morgan fingerprint density at radius 3 is 3.06 bits per heavy atom. The van der Waals surface area contributed by atoms with Crippen LogP contribution in [0, 0.1) is 0 Å². The summed E-state index contributed by atoms with van der Waals surface area (Å²) >= 11 is 7.13. The number of rotatable bonds is 4. The lowest BCUT2D eigenvalue weighted by Crippen LogP contribution is -1.93. The summed E-state index contributed by atoms with van der Waals surface area (Å²) in [5, 5.41) is 1.40. The van der Waals surface area contributed by atoms with Crippen molar-refractivity contribution in [2.75, 3.05) is 0 Å². The quantitative estimate of drug-likeness (QED) is 0.786. The van der Waals surface area contributed by atoms with Crippen molar-refractivity contribution in [1.82, 2.24) is 4.98 Å². The fraction of sp³-hybridized carbons (Fsp3) is 0.0909. The van der Waals surface area contributed by atoms with E-state index in [0.717, 1.165) is 11.3 Å². The number of thiazole rings is 1. The topological polar surface area (TPSA) is 39.2 Å². The highest BCUT2D eigenvalue weighted by molar-refractivity contribution is 7.13. The molecule has 1 heterocycles. The van der Waals surface area contributed by atoms with Crippen molar-refractivity contribution in [3.63, 3.8) is 0 Å². The SMILES string of the molecule is O=Cc1cnc(COc2cccc(Cl)c2)s1. The third kappa shape index (κ3) is 2.81. The van der Waals surface area contributed by atoms with Crippen LogP contribution in [0.15, 0.2) is 30.5 Å². The molecule has 0 amide bonds. The lowest BCUT2D eigenvalue weighted by molar-refractivity contribution is 0.112. The third-order valence-corrected chi connectivity index (χ3v) is 2.98. The van der Waals surface area contributed by atoms with E-state index < -0.39 is 0 Å². The van der Waals surface area contributed by atoms with Crippen LogP contribution in [0.4, 0.5) is 0 Å². The Kier molecular flexibility index (Phi) is 3.54. The maximum absolute atomic E-state index is 10.5. The molecule has 0 aliphatic rings. The molecule has 0 fully saturated rings. The molecule has 82 valence electrons. The van der Waals surface area contributed by atoms with Gasteiger partial charge in [-0.05, 0) is 18.2 Å². The van der Waals surface area contributed by atoms with E-state index in [4.69, 9.17) is 16.3 Å². The van der Waals surface area contributed by atoms with Gasteiger partial charge in [-0.3, -0.25) is 4.79 Å². The molecule has 1 aromatic carbocycles. The van der Waals surface area contributed by atoms with Gasteiger partial charge in [0.05, 0.1) is 4.88 Å². The fourth-order valence-corrected chi connectivity index (χ4v) is 1.98. The van der Waals surface area contributed by atoms with Crippen LogP contribution in [0.2, 0.25) is 5.02 Å². The minimum Gasteiger partial charge on any atom is -0.486 e. The summed E-state index contributed by atoms with van der Waals surface area (Å²) in [6.07, 6.45) is 2.31. The molecule has 0 aliphatic carbocycles. The van der Waals surface area contributed by atoms with E-state index in [1.165, 1.54) is 17.5 Å². The highest BCUT2D eigenvalue weighted by atomic mass is 35.5. The average molecular weight is 254 g/mol. The number of carbonyl (C=O) groups is 1. The lowest BCUT2D eigenvalue weighted by atomic mass is 10.3. The highest BCUT2D eigenvalue weighted by Crippen LogP contribution is 2.19. The van der Waals surface area contributed by atoms with Gasteiger partial charge in [-0.15, -0.1) is 11.3 Å². The van der Waals surface area contributed by atoms with E-state index >= 15 is 0 Å². The van der Waals surface area contributed by atoms with Crippen LogP contribution in [0.3, 0.4) is 0 Å². The molecule has 3 nitrogen and oxygen atoms in total. The third-order valence-electron chi connectivity index (χ3n) is 1.85. The monoisotopic (exact) mass is 253 g/mol. The summed E-state index contributed by atoms with van der Waals surface area (Å²) in [5.41, 5.74) is 0. The van der Waals surface area contributed by atoms with Crippen LogP contribution >= 0.6 is 22.9 Å². The molecule has 0 N–H and O–H groups in total. The van der Waals surface area contributed by atoms with Crippen LogP contribution in [-0.4, -0.2) is 11.3 Å². The summed E-state index contributed by atoms with van der Waals surface area (Å²) in [5.74, 6) is 0.690. The van der Waals surface area contributed by atoms with Gasteiger partial charge in [0.2, 0.25) is 0 Å². The first-order valence-electron chi connectivity index (χ1n) is 4.56. The zero-order chi connectivity index (χ0) is 11.4. The normalized spacial score (nSPS) is 10.1. The Balaban J connectivity index is 1.99. The van der Waals surface area contributed by atoms with E-state index in [0.29, 0.717) is 22.3 Å². The van der Waals surface area contributed by atoms with Gasteiger partial charge in [-0.1, -0.05) is 17.7 Å². The first kappa shape index (κ1) is 11.1. The van der Waals surface area contributed by atoms with Crippen LogP contribution in [0.5, 0.6) is 5.75 Å². The summed E-state index contributed by atoms with van der Waals surface area (Å²) in [7, 11) is 0. The standard InChI is InChI=1S/C11H8ClNO2S/c12-8-2-1-3-9(4-8)15-7-11-13-5-10(6-14)16-11/h1-6H,7H2. The number of hydrogen-bond donors (Lipinski definition) is 0. The molecule has 0 radical (unpaired) electrons. The Morgan fingerprint density at radius 1 is 1.50 bits per heavy atom. The van der Waals surface area contributed by atoms with Gasteiger partial charge in [-0.2, -0.15) is 0 Å². The second kappa shape index (κ2) is 5.09. The molecule has 0 bridgehead atoms. The number of hydrogen-bond acceptors (Lipinski definition) is 4. The minimum atomic E-state index is 0.346. The maximum Gasteiger partial charge on any atom is 0.161 e. The molecular formula is C11H8ClNO2S. The molecule has 16 heavy (non-hydrogen) atoms. The predicted octanol–water partition coefficient (Wildman–Crippen LogP) is 3.19. The first-order chi connectivity index (χ1) is 7.78. The van der Waals surface area contributed by atoms with Gasteiger partial charge in [0.1, 0.15) is 17.4 Å². The fourth-order valence-electron chi connectivity index (χ4n) is 1.15. The smallest absolute Gasteiger partial charge is 0.161 e. The van der Waals surface area contributed by atoms with Crippen LogP contribution in [-0.2, 0) is 6.61 Å². The van der Waals surface area contributed by atoms with E-state index in [1.54, 1.807) is 12.1 Å². The molecule has 1 aromatic heterocycles. The van der Waals surface area contributed by atoms with Crippen LogP contribution in [0.1, 0.15) is 14.7 Å². The van der Waals surface area contributed by atoms with E-state index in [-0.39, 0.29) is 0 Å². The number of nitrogens with zero attached hydrogens (tertiary/aromatic N) is 1. The number of halogens is 1. The van der Waals surface area contributed by atoms with Crippen molar-refractivity contribution >= 4 is 29.2 Å². The average Bonchev–Trinajstić information content (AvgIpc) is 2.74. The Labute approximate surface area is 102 Å². The summed E-state index contributed by atoms with van der Waals surface area (Å²) in [4.78, 5) is 15.1. The molecular weight excluding hydrogens is 246 g/mol. The number of benzene rings is 1. The van der Waals surface area contributed by atoms with E-state index in [1.807, 2.05) is 12.1 Å². The minimum absolute atomic E-state index is 0.346. The molecule has 0 aliphatic heterocycles. The van der Waals surface area contributed by atoms with Gasteiger partial charge in [0, 0.05) is 11.2 Å². The maximum atomic E-state index is 10.5. The first-order valence-corrected chi connectivity index (χ1v) is 5.75. The van der Waals surface area contributed by atoms with E-state index in [9.17, 15) is 4.79 Å². The molecule has 2 rings (SSSR count). The number of ether oxygens (including phenoxy) is 1. The van der Waals surface area contributed by atoms with Gasteiger partial charge in [0.25, 0.3) is 0 Å². The largest absolute Gasteiger partial charge is 0.486 e. The van der Waals surface area contributed by atoms with E-state index in [2.05, 4.69) is 4.98 Å². The lowest BCUT2D eigenvalue weighted by Gasteiger charge is -2.03. The van der Waals surface area contributed by atoms with Gasteiger partial charge in [-0.25, -0.2) is 4.98 Å². The zero-order valence-electron chi connectivity index (χ0n) is 8.22. The van der Waals surface area contributed by atoms with Crippen molar-refractivity contribution < 1.29 is 9.53 Å². The Hall–Kier alpha value is -1.39. The predicted molar refractivity (Wildman–Crippen MR) is 63.3 cm³/mol. The van der Waals surface area contributed by atoms with Crippen LogP contribution < -0.4 is 4.74 Å². The highest BCUT2D eigenvalue weighted by Gasteiger charge is 2.02. The molecule has 2 aromatic rings. The van der Waals surface area contributed by atoms with Gasteiger partial charge < -0.3 is 4.74 Å².